The molecule has 2 aliphatic rings. The first-order valence-corrected chi connectivity index (χ1v) is 7.96. The Kier molecular flexibility index (Phi) is 4.39. The maximum atomic E-state index is 13.2. The number of β-amino-alcohol motifs (C(OH)–C–C–N with tert-alkyl or cyclic N) is 1. The smallest absolute Gasteiger partial charge is 0.253 e. The lowest BCUT2D eigenvalue weighted by Crippen LogP contribution is -2.56. The molecule has 1 amide bonds. The number of halogens is 2. The van der Waals surface area contributed by atoms with Gasteiger partial charge in [-0.3, -0.25) is 9.69 Å². The fourth-order valence-corrected chi connectivity index (χ4v) is 3.19. The van der Waals surface area contributed by atoms with Gasteiger partial charge in [0.15, 0.2) is 0 Å². The van der Waals surface area contributed by atoms with Crippen LogP contribution in [0.4, 0.5) is 4.39 Å². The Morgan fingerprint density at radius 2 is 2.18 bits per heavy atom. The van der Waals surface area contributed by atoms with Crippen LogP contribution in [0.3, 0.4) is 0 Å². The summed E-state index contributed by atoms with van der Waals surface area (Å²) in [7, 11) is 1.79. The zero-order chi connectivity index (χ0) is 15.9. The molecule has 22 heavy (non-hydrogen) atoms. The second kappa shape index (κ2) is 6.14. The molecule has 1 aliphatic carbocycles. The van der Waals surface area contributed by atoms with Crippen molar-refractivity contribution < 1.29 is 14.3 Å². The fraction of sp³-hybridized carbons (Fsp3) is 0.562. The number of benzene rings is 1. The van der Waals surface area contributed by atoms with E-state index in [0.717, 1.165) is 19.4 Å². The first kappa shape index (κ1) is 15.7. The Morgan fingerprint density at radius 3 is 2.73 bits per heavy atom. The largest absolute Gasteiger partial charge is 0.390 e. The molecule has 1 saturated heterocycles. The molecule has 1 N–H and O–H groups in total. The summed E-state index contributed by atoms with van der Waals surface area (Å²) in [5, 5.41) is 9.36. The second-order valence-electron chi connectivity index (χ2n) is 6.32. The molecule has 0 aromatic heterocycles. The maximum absolute atomic E-state index is 13.2. The molecule has 0 spiro atoms. The lowest BCUT2D eigenvalue weighted by molar-refractivity contribution is -0.0127. The van der Waals surface area contributed by atoms with Crippen molar-refractivity contribution in [2.24, 2.45) is 5.92 Å². The van der Waals surface area contributed by atoms with Crippen molar-refractivity contribution in [1.29, 1.82) is 0 Å². The first-order chi connectivity index (χ1) is 10.5. The second-order valence-corrected chi connectivity index (χ2v) is 6.73. The molecule has 1 aromatic rings. The number of hydrogen-bond donors (Lipinski definition) is 1. The van der Waals surface area contributed by atoms with Crippen molar-refractivity contribution in [3.63, 3.8) is 0 Å². The van der Waals surface area contributed by atoms with Gasteiger partial charge in [-0.05, 0) is 37.0 Å². The van der Waals surface area contributed by atoms with Crippen LogP contribution in [-0.4, -0.2) is 59.6 Å². The van der Waals surface area contributed by atoms with Crippen LogP contribution in [0.15, 0.2) is 18.2 Å². The lowest BCUT2D eigenvalue weighted by Gasteiger charge is -2.40. The van der Waals surface area contributed by atoms with Crippen LogP contribution < -0.4 is 0 Å². The minimum Gasteiger partial charge on any atom is -0.390 e. The summed E-state index contributed by atoms with van der Waals surface area (Å²) in [5.74, 6) is -0.142. The first-order valence-electron chi connectivity index (χ1n) is 7.58. The number of rotatable bonds is 5. The standard InChI is InChI=1S/C16H20ClFN2O2/c1-19(16(22)11-4-5-14(18)13(17)6-11)15(10-2-3-10)9-20-7-12(21)8-20/h4-6,10,12,15,21H,2-3,7-9H2,1H3. The Morgan fingerprint density at radius 1 is 1.50 bits per heavy atom. The van der Waals surface area contributed by atoms with Gasteiger partial charge in [0, 0.05) is 38.3 Å². The molecular formula is C16H20ClFN2O2. The van der Waals surface area contributed by atoms with Crippen molar-refractivity contribution in [2.75, 3.05) is 26.7 Å². The van der Waals surface area contributed by atoms with E-state index in [1.807, 2.05) is 0 Å². The highest BCUT2D eigenvalue weighted by Crippen LogP contribution is 2.36. The number of amides is 1. The number of carbonyl (C=O) groups is 1. The molecule has 1 heterocycles. The van der Waals surface area contributed by atoms with Crippen molar-refractivity contribution in [3.8, 4) is 0 Å². The van der Waals surface area contributed by atoms with E-state index >= 15 is 0 Å². The van der Waals surface area contributed by atoms with Crippen molar-refractivity contribution >= 4 is 17.5 Å². The van der Waals surface area contributed by atoms with Crippen molar-refractivity contribution in [1.82, 2.24) is 9.80 Å². The van der Waals surface area contributed by atoms with Gasteiger partial charge in [0.2, 0.25) is 0 Å². The zero-order valence-electron chi connectivity index (χ0n) is 12.5. The minimum absolute atomic E-state index is 0.0342. The number of aliphatic hydroxyl groups is 1. The molecule has 2 fully saturated rings. The van der Waals surface area contributed by atoms with Crippen molar-refractivity contribution in [3.05, 3.63) is 34.6 Å². The molecule has 120 valence electrons. The number of aliphatic hydroxyl groups excluding tert-OH is 1. The van der Waals surface area contributed by atoms with E-state index in [1.54, 1.807) is 11.9 Å². The molecule has 1 aromatic carbocycles. The van der Waals surface area contributed by atoms with Gasteiger partial charge >= 0.3 is 0 Å². The normalized spacial score (nSPS) is 20.5. The summed E-state index contributed by atoms with van der Waals surface area (Å²) in [6.45, 7) is 2.13. The predicted molar refractivity (Wildman–Crippen MR) is 82.5 cm³/mol. The molecule has 0 bridgehead atoms. The van der Waals surface area contributed by atoms with Crippen molar-refractivity contribution in [2.45, 2.75) is 25.0 Å². The maximum Gasteiger partial charge on any atom is 0.253 e. The van der Waals surface area contributed by atoms with Gasteiger partial charge in [0.1, 0.15) is 5.82 Å². The van der Waals surface area contributed by atoms with Gasteiger partial charge in [-0.15, -0.1) is 0 Å². The number of likely N-dealkylation sites (tertiary alicyclic amines) is 1. The third-order valence-corrected chi connectivity index (χ3v) is 4.82. The van der Waals surface area contributed by atoms with Gasteiger partial charge in [0.05, 0.1) is 11.1 Å². The summed E-state index contributed by atoms with van der Waals surface area (Å²) in [4.78, 5) is 16.5. The summed E-state index contributed by atoms with van der Waals surface area (Å²) in [6.07, 6.45) is 2.02. The Labute approximate surface area is 134 Å². The molecular weight excluding hydrogens is 307 g/mol. The van der Waals surface area contributed by atoms with Crippen LogP contribution in [0.25, 0.3) is 0 Å². The number of carbonyl (C=O) groups excluding carboxylic acids is 1. The SMILES string of the molecule is CN(C(=O)c1ccc(F)c(Cl)c1)C(CN1CC(O)C1)C1CC1. The Hall–Kier alpha value is -1.17. The number of hydrogen-bond acceptors (Lipinski definition) is 3. The monoisotopic (exact) mass is 326 g/mol. The quantitative estimate of drug-likeness (QED) is 0.900. The van der Waals surface area contributed by atoms with E-state index < -0.39 is 5.82 Å². The summed E-state index contributed by atoms with van der Waals surface area (Å²) in [5.41, 5.74) is 0.406. The summed E-state index contributed by atoms with van der Waals surface area (Å²) in [6, 6.07) is 4.20. The molecule has 0 radical (unpaired) electrons. The topological polar surface area (TPSA) is 43.8 Å². The van der Waals surface area contributed by atoms with Crippen LogP contribution in [0, 0.1) is 11.7 Å². The zero-order valence-corrected chi connectivity index (χ0v) is 13.3. The lowest BCUT2D eigenvalue weighted by atomic mass is 10.1. The van der Waals surface area contributed by atoms with Gasteiger partial charge in [0.25, 0.3) is 5.91 Å². The summed E-state index contributed by atoms with van der Waals surface area (Å²) >= 11 is 5.77. The van der Waals surface area contributed by atoms with E-state index in [1.165, 1.54) is 18.2 Å². The van der Waals surface area contributed by atoms with Crippen LogP contribution >= 0.6 is 11.6 Å². The Bertz CT molecular complexity index is 573. The summed E-state index contributed by atoms with van der Waals surface area (Å²) < 4.78 is 13.2. The molecule has 3 rings (SSSR count). The third kappa shape index (κ3) is 3.26. The highest BCUT2D eigenvalue weighted by atomic mass is 35.5. The van der Waals surface area contributed by atoms with Crippen LogP contribution in [-0.2, 0) is 0 Å². The molecule has 1 atom stereocenters. The minimum atomic E-state index is -0.519. The van der Waals surface area contributed by atoms with Crippen LogP contribution in [0.2, 0.25) is 5.02 Å². The van der Waals surface area contributed by atoms with E-state index in [9.17, 15) is 14.3 Å². The number of nitrogens with zero attached hydrogens (tertiary/aromatic N) is 2. The van der Waals surface area contributed by atoms with Gasteiger partial charge in [-0.1, -0.05) is 11.6 Å². The third-order valence-electron chi connectivity index (χ3n) is 4.53. The number of likely N-dealkylation sites (N-methyl/N-ethyl adjacent to an activating group) is 1. The molecule has 1 unspecified atom stereocenters. The molecule has 1 aliphatic heterocycles. The average molecular weight is 327 g/mol. The van der Waals surface area contributed by atoms with Crippen LogP contribution in [0.1, 0.15) is 23.2 Å². The Balaban J connectivity index is 1.70. The molecule has 6 heteroatoms. The van der Waals surface area contributed by atoms with E-state index in [0.29, 0.717) is 24.6 Å². The highest BCUT2D eigenvalue weighted by Gasteiger charge is 2.39. The van der Waals surface area contributed by atoms with E-state index in [2.05, 4.69) is 4.90 Å². The van der Waals surface area contributed by atoms with E-state index in [-0.39, 0.29) is 23.1 Å². The van der Waals surface area contributed by atoms with Gasteiger partial charge in [-0.2, -0.15) is 0 Å². The highest BCUT2D eigenvalue weighted by molar-refractivity contribution is 6.31. The van der Waals surface area contributed by atoms with Crippen LogP contribution in [0.5, 0.6) is 0 Å². The molecule has 1 saturated carbocycles. The molecule has 4 nitrogen and oxygen atoms in total. The predicted octanol–water partition coefficient (Wildman–Crippen LogP) is 2.01. The average Bonchev–Trinajstić information content (AvgIpc) is 3.28. The van der Waals surface area contributed by atoms with Gasteiger partial charge < -0.3 is 10.0 Å². The van der Waals surface area contributed by atoms with Gasteiger partial charge in [-0.25, -0.2) is 4.39 Å². The fourth-order valence-electron chi connectivity index (χ4n) is 3.01. The van der Waals surface area contributed by atoms with E-state index in [4.69, 9.17) is 11.6 Å².